The van der Waals surface area contributed by atoms with Crippen molar-refractivity contribution >= 4 is 17.9 Å². The van der Waals surface area contributed by atoms with Crippen molar-refractivity contribution in [2.75, 3.05) is 13.2 Å². The SMILES string of the molecule is CC\C=C/C=C\C=C/C=C\C=C\C=C/C=C\CCCCCC(=O)OCC(COC(=O)CCCCCCCCC\C=C/C=C\C=C/CC)OC(=O)CCCCCCCCC\C=C/C=C\C=C/CC. The maximum absolute atomic E-state index is 12.8. The molecular weight excluding hydrogens is 829 g/mol. The van der Waals surface area contributed by atoms with Gasteiger partial charge in [0.1, 0.15) is 13.2 Å². The summed E-state index contributed by atoms with van der Waals surface area (Å²) in [5.41, 5.74) is 0. The van der Waals surface area contributed by atoms with Gasteiger partial charge >= 0.3 is 17.9 Å². The van der Waals surface area contributed by atoms with Crippen LogP contribution in [-0.2, 0) is 28.6 Å². The van der Waals surface area contributed by atoms with Crippen molar-refractivity contribution in [3.8, 4) is 0 Å². The van der Waals surface area contributed by atoms with Gasteiger partial charge in [-0.05, 0) is 77.0 Å². The molecule has 0 amide bonds. The van der Waals surface area contributed by atoms with Crippen LogP contribution in [0.5, 0.6) is 0 Å². The van der Waals surface area contributed by atoms with Gasteiger partial charge in [0, 0.05) is 19.3 Å². The average Bonchev–Trinajstić information content (AvgIpc) is 3.33. The predicted octanol–water partition coefficient (Wildman–Crippen LogP) is 17.4. The van der Waals surface area contributed by atoms with Gasteiger partial charge in [-0.1, -0.05) is 249 Å². The normalized spacial score (nSPS) is 13.4. The zero-order chi connectivity index (χ0) is 48.6. The number of hydrogen-bond donors (Lipinski definition) is 0. The fourth-order valence-electron chi connectivity index (χ4n) is 6.48. The highest BCUT2D eigenvalue weighted by molar-refractivity contribution is 5.71. The Hall–Kier alpha value is -4.97. The minimum Gasteiger partial charge on any atom is -0.462 e. The summed E-state index contributed by atoms with van der Waals surface area (Å²) in [5.74, 6) is -0.995. The number of rotatable bonds is 44. The summed E-state index contributed by atoms with van der Waals surface area (Å²) in [7, 11) is 0. The molecule has 0 N–H and O–H groups in total. The average molecular weight is 921 g/mol. The Kier molecular flexibility index (Phi) is 49.7. The molecule has 0 aromatic carbocycles. The Bertz CT molecular complexity index is 1570. The number of carbonyl (C=O) groups is 3. The second kappa shape index (κ2) is 53.6. The van der Waals surface area contributed by atoms with E-state index >= 15 is 0 Å². The van der Waals surface area contributed by atoms with Crippen molar-refractivity contribution in [2.45, 2.75) is 194 Å². The van der Waals surface area contributed by atoms with E-state index < -0.39 is 6.10 Å². The number of carbonyl (C=O) groups excluding carboxylic acids is 3. The van der Waals surface area contributed by atoms with Crippen molar-refractivity contribution in [2.24, 2.45) is 0 Å². The molecule has 0 aliphatic rings. The lowest BCUT2D eigenvalue weighted by Crippen LogP contribution is -2.30. The first-order valence-corrected chi connectivity index (χ1v) is 26.2. The molecule has 1 atom stereocenters. The van der Waals surface area contributed by atoms with Gasteiger partial charge in [0.2, 0.25) is 0 Å². The van der Waals surface area contributed by atoms with E-state index in [9.17, 15) is 14.4 Å². The maximum Gasteiger partial charge on any atom is 0.306 e. The lowest BCUT2D eigenvalue weighted by molar-refractivity contribution is -0.167. The maximum atomic E-state index is 12.8. The van der Waals surface area contributed by atoms with E-state index in [1.54, 1.807) is 0 Å². The molecular formula is C61H92O6. The number of ether oxygens (including phenoxy) is 3. The van der Waals surface area contributed by atoms with Gasteiger partial charge in [-0.25, -0.2) is 0 Å². The summed E-state index contributed by atoms with van der Waals surface area (Å²) in [4.78, 5) is 38.1. The van der Waals surface area contributed by atoms with Gasteiger partial charge in [0.05, 0.1) is 0 Å². The van der Waals surface area contributed by atoms with Crippen LogP contribution in [0.3, 0.4) is 0 Å². The molecule has 0 fully saturated rings. The molecule has 0 saturated heterocycles. The third-order valence-electron chi connectivity index (χ3n) is 10.3. The van der Waals surface area contributed by atoms with Gasteiger partial charge in [0.25, 0.3) is 0 Å². The van der Waals surface area contributed by atoms with E-state index in [0.717, 1.165) is 103 Å². The van der Waals surface area contributed by atoms with Gasteiger partial charge in [-0.15, -0.1) is 0 Å². The van der Waals surface area contributed by atoms with Gasteiger partial charge < -0.3 is 14.2 Å². The number of allylic oxidation sites excluding steroid dienone is 26. The van der Waals surface area contributed by atoms with Crippen LogP contribution in [0.15, 0.2) is 158 Å². The van der Waals surface area contributed by atoms with E-state index in [-0.39, 0.29) is 31.1 Å². The van der Waals surface area contributed by atoms with E-state index in [4.69, 9.17) is 14.2 Å². The van der Waals surface area contributed by atoms with Crippen LogP contribution in [0.25, 0.3) is 0 Å². The third-order valence-corrected chi connectivity index (χ3v) is 10.3. The van der Waals surface area contributed by atoms with E-state index in [2.05, 4.69) is 106 Å². The highest BCUT2D eigenvalue weighted by atomic mass is 16.6. The van der Waals surface area contributed by atoms with Crippen LogP contribution in [0.1, 0.15) is 188 Å². The fraction of sp³-hybridized carbons (Fsp3) is 0.525. The van der Waals surface area contributed by atoms with Gasteiger partial charge in [-0.2, -0.15) is 0 Å². The van der Waals surface area contributed by atoms with Crippen molar-refractivity contribution in [3.63, 3.8) is 0 Å². The second-order valence-electron chi connectivity index (χ2n) is 16.6. The minimum atomic E-state index is -0.817. The van der Waals surface area contributed by atoms with Gasteiger partial charge in [-0.3, -0.25) is 14.4 Å². The molecule has 0 heterocycles. The summed E-state index contributed by atoms with van der Waals surface area (Å²) in [6.45, 7) is 6.15. The Morgan fingerprint density at radius 2 is 0.537 bits per heavy atom. The first-order valence-electron chi connectivity index (χ1n) is 26.2. The first kappa shape index (κ1) is 62.0. The summed E-state index contributed by atoms with van der Waals surface area (Å²) in [6.07, 6.45) is 77.9. The molecule has 6 heteroatoms. The molecule has 0 bridgehead atoms. The third kappa shape index (κ3) is 51.9. The monoisotopic (exact) mass is 921 g/mol. The number of unbranched alkanes of at least 4 members (excludes halogenated alkanes) is 17. The largest absolute Gasteiger partial charge is 0.462 e. The zero-order valence-corrected chi connectivity index (χ0v) is 42.3. The quantitative estimate of drug-likeness (QED) is 0.0262. The molecule has 0 spiro atoms. The molecule has 372 valence electrons. The van der Waals surface area contributed by atoms with Gasteiger partial charge in [0.15, 0.2) is 6.10 Å². The Labute approximate surface area is 409 Å². The number of esters is 3. The summed E-state index contributed by atoms with van der Waals surface area (Å²) >= 11 is 0. The van der Waals surface area contributed by atoms with Crippen LogP contribution in [0.2, 0.25) is 0 Å². The summed E-state index contributed by atoms with van der Waals surface area (Å²) in [6, 6.07) is 0. The molecule has 0 saturated carbocycles. The van der Waals surface area contributed by atoms with Crippen molar-refractivity contribution in [1.82, 2.24) is 0 Å². The topological polar surface area (TPSA) is 78.9 Å². The highest BCUT2D eigenvalue weighted by Gasteiger charge is 2.19. The van der Waals surface area contributed by atoms with E-state index in [1.807, 2.05) is 72.9 Å². The number of hydrogen-bond acceptors (Lipinski definition) is 6. The summed E-state index contributed by atoms with van der Waals surface area (Å²) in [5, 5.41) is 0. The minimum absolute atomic E-state index is 0.112. The van der Waals surface area contributed by atoms with Crippen LogP contribution in [0, 0.1) is 0 Å². The lowest BCUT2D eigenvalue weighted by atomic mass is 10.1. The molecule has 6 nitrogen and oxygen atoms in total. The molecule has 0 aliphatic carbocycles. The van der Waals surface area contributed by atoms with Crippen LogP contribution < -0.4 is 0 Å². The molecule has 0 aliphatic heterocycles. The molecule has 0 aromatic heterocycles. The molecule has 0 rings (SSSR count). The van der Waals surface area contributed by atoms with Crippen LogP contribution in [-0.4, -0.2) is 37.2 Å². The lowest BCUT2D eigenvalue weighted by Gasteiger charge is -2.18. The Balaban J connectivity index is 4.57. The standard InChI is InChI=1S/C61H92O6/c1-4-7-10-13-16-19-22-25-28-29-30-31-34-36-39-42-45-48-51-54-60(63)66-57-58(67-61(64)55-52-49-46-43-40-37-33-27-24-21-18-15-12-9-6-3)56-65-59(62)53-50-47-44-41-38-35-32-26-23-20-17-14-11-8-5-2/h7-25,28-31,34,36,39,58H,4-6,26-27,32-33,35,37-38,40-57H2,1-3H3/b10-7-,11-8-,12-9-,16-13-,17-14-,18-15-,22-19-,23-20-,24-21-,28-25-,30-29+,34-31-,39-36-. The smallest absolute Gasteiger partial charge is 0.306 e. The fourth-order valence-corrected chi connectivity index (χ4v) is 6.48. The van der Waals surface area contributed by atoms with E-state index in [1.165, 1.54) is 44.9 Å². The Morgan fingerprint density at radius 3 is 0.851 bits per heavy atom. The molecule has 1 unspecified atom stereocenters. The van der Waals surface area contributed by atoms with Crippen molar-refractivity contribution in [1.29, 1.82) is 0 Å². The van der Waals surface area contributed by atoms with Crippen molar-refractivity contribution < 1.29 is 28.6 Å². The second-order valence-corrected chi connectivity index (χ2v) is 16.6. The van der Waals surface area contributed by atoms with Crippen molar-refractivity contribution in [3.05, 3.63) is 158 Å². The molecule has 0 aromatic rings. The van der Waals surface area contributed by atoms with E-state index in [0.29, 0.717) is 19.3 Å². The van der Waals surface area contributed by atoms with Crippen LogP contribution in [0.4, 0.5) is 0 Å². The Morgan fingerprint density at radius 1 is 0.299 bits per heavy atom. The first-order chi connectivity index (χ1) is 33.0. The van der Waals surface area contributed by atoms with Crippen LogP contribution >= 0.6 is 0 Å². The summed E-state index contributed by atoms with van der Waals surface area (Å²) < 4.78 is 16.8. The zero-order valence-electron chi connectivity index (χ0n) is 42.3. The molecule has 67 heavy (non-hydrogen) atoms. The predicted molar refractivity (Wildman–Crippen MR) is 288 cm³/mol. The molecule has 0 radical (unpaired) electrons. The highest BCUT2D eigenvalue weighted by Crippen LogP contribution is 2.13.